The molecule has 33 heteroatoms. The van der Waals surface area contributed by atoms with E-state index in [-0.39, 0.29) is 41.9 Å². The highest BCUT2D eigenvalue weighted by molar-refractivity contribution is 5.32. The first-order chi connectivity index (χ1) is 46.4. The Kier molecular flexibility index (Phi) is 25.3. The van der Waals surface area contributed by atoms with Gasteiger partial charge in [-0.15, -0.1) is 0 Å². The molecule has 3 saturated carbocycles. The predicted octanol–water partition coefficient (Wildman–Crippen LogP) is -6.55. The van der Waals surface area contributed by atoms with Gasteiger partial charge in [-0.1, -0.05) is 53.2 Å². The van der Waals surface area contributed by atoms with Gasteiger partial charge in [0.15, 0.2) is 37.7 Å². The van der Waals surface area contributed by atoms with Crippen molar-refractivity contribution in [2.75, 3.05) is 39.6 Å². The van der Waals surface area contributed by atoms with Crippen LogP contribution in [0.1, 0.15) is 113 Å². The molecule has 21 N–H and O–H groups in total. The van der Waals surface area contributed by atoms with Gasteiger partial charge in [0.1, 0.15) is 128 Å². The van der Waals surface area contributed by atoms with Gasteiger partial charge in [0.2, 0.25) is 0 Å². The van der Waals surface area contributed by atoms with Gasteiger partial charge >= 0.3 is 0 Å². The van der Waals surface area contributed by atoms with Crippen molar-refractivity contribution in [3.63, 3.8) is 0 Å². The first-order valence-corrected chi connectivity index (χ1v) is 35.0. The van der Waals surface area contributed by atoms with Crippen LogP contribution in [0.5, 0.6) is 0 Å². The lowest BCUT2D eigenvalue weighted by Gasteiger charge is -2.67. The molecule has 10 rings (SSSR count). The number of hydrogen-bond donors (Lipinski definition) is 21. The summed E-state index contributed by atoms with van der Waals surface area (Å²) in [6.45, 7) is 11.8. The van der Waals surface area contributed by atoms with Crippen molar-refractivity contribution in [1.29, 1.82) is 0 Å². The Morgan fingerprint density at radius 2 is 0.970 bits per heavy atom. The van der Waals surface area contributed by atoms with Gasteiger partial charge in [0.25, 0.3) is 0 Å². The fraction of sp³-hybridized carbons (Fsp3) is 0.970. The minimum absolute atomic E-state index is 0.00417. The van der Waals surface area contributed by atoms with Gasteiger partial charge in [0.05, 0.1) is 75.8 Å². The molecule has 0 amide bonds. The van der Waals surface area contributed by atoms with Crippen molar-refractivity contribution in [3.05, 3.63) is 11.6 Å². The molecule has 99 heavy (non-hydrogen) atoms. The lowest BCUT2D eigenvalue weighted by Crippen LogP contribution is -2.67. The SMILES string of the molecule is C[C@H](CC[C@@H](O[C@@H]1O[C@H](CO[C@@H]2O[C@H](CO)C[C@H](O)[C@H]2O)[C@@H](O)[C@H](O)[C@H]1O[C@@H]1O[C@H](CO)[C@@H](O[C@@H]2O[C@H](CO)[C@@H](O)[C@H](O)[C@H]2O)[C@H](O)[C@H]1O)C(C)(C)O)[C@H]1CC[C@@]2(C)[C@@H]3CC=C4[C@@H](CC[C@H](O[C@@H]5O[C@H](CO[C@@H]6O[C@H](CO)[C@@H](O)[C@H](O)[C@H]6O)[C@@H](O)[C@H](O)[C@H]5O)C4(C)C)[C@]3(C)[C@H](O)C[C@]12C. The van der Waals surface area contributed by atoms with Crippen LogP contribution in [0.15, 0.2) is 11.6 Å². The molecule has 0 aromatic heterocycles. The second-order valence-corrected chi connectivity index (χ2v) is 31.4. The quantitative estimate of drug-likeness (QED) is 0.0423. The normalized spacial score (nSPS) is 51.7. The largest absolute Gasteiger partial charge is 0.394 e. The van der Waals surface area contributed by atoms with Crippen LogP contribution in [0.4, 0.5) is 0 Å². The van der Waals surface area contributed by atoms with Crippen molar-refractivity contribution in [2.45, 2.75) is 315 Å². The molecular weight excluding hydrogens is 1320 g/mol. The van der Waals surface area contributed by atoms with E-state index < -0.39 is 258 Å². The van der Waals surface area contributed by atoms with Crippen molar-refractivity contribution >= 4 is 0 Å². The third kappa shape index (κ3) is 15.0. The third-order valence-corrected chi connectivity index (χ3v) is 24.8. The fourth-order valence-electron chi connectivity index (χ4n) is 18.5. The molecule has 0 unspecified atom stereocenters. The Labute approximate surface area is 574 Å². The molecule has 39 atom stereocenters. The van der Waals surface area contributed by atoms with Gasteiger partial charge in [-0.3, -0.25) is 0 Å². The van der Waals surface area contributed by atoms with Crippen LogP contribution in [0, 0.1) is 45.3 Å². The molecule has 574 valence electrons. The van der Waals surface area contributed by atoms with Crippen LogP contribution in [-0.2, 0) is 56.8 Å². The summed E-state index contributed by atoms with van der Waals surface area (Å²) in [6, 6.07) is 0. The zero-order chi connectivity index (χ0) is 72.7. The highest BCUT2D eigenvalue weighted by Crippen LogP contribution is 2.75. The summed E-state index contributed by atoms with van der Waals surface area (Å²) in [5.74, 6) is -0.141. The Morgan fingerprint density at radius 3 is 1.54 bits per heavy atom. The average Bonchev–Trinajstić information content (AvgIpc) is 1.66. The molecule has 0 aromatic carbocycles. The summed E-state index contributed by atoms with van der Waals surface area (Å²) in [4.78, 5) is 0. The highest BCUT2D eigenvalue weighted by Gasteiger charge is 2.71. The second-order valence-electron chi connectivity index (χ2n) is 31.4. The maximum atomic E-state index is 12.9. The number of rotatable bonds is 23. The zero-order valence-corrected chi connectivity index (χ0v) is 57.3. The van der Waals surface area contributed by atoms with E-state index in [1.165, 1.54) is 13.8 Å². The number of allylic oxidation sites excluding steroid dienone is 1. The van der Waals surface area contributed by atoms with Gasteiger partial charge in [-0.05, 0) is 99.7 Å². The van der Waals surface area contributed by atoms with Gasteiger partial charge in [-0.25, -0.2) is 0 Å². The summed E-state index contributed by atoms with van der Waals surface area (Å²) >= 11 is 0. The maximum absolute atomic E-state index is 12.9. The molecule has 6 heterocycles. The highest BCUT2D eigenvalue weighted by atomic mass is 16.8. The van der Waals surface area contributed by atoms with Gasteiger partial charge < -0.3 is 164 Å². The molecular formula is C66H112O33. The standard InChI is InChI=1S/C66H112O33/c1-25(27-15-16-64(6)36-12-10-28-29(66(36,8)37(72)18-65(27,64)7)11-14-38(62(28,2)3)96-58-51(84)47(80)43(76)34(94-58)23-89-57-50(83)45(78)41(74)31(20-68)91-57)9-13-39(63(4,5)87)97-61-55(48(81)44(77)35(95-61)24-88-56-40(73)30(71)17-26(19-67)90-56)99-60-53(86)49(82)54(33(22-70)93-60)98-59-52(85)46(79)42(75)32(21-69)92-59/h10,25-27,29-61,67-87H,9,11-24H2,1-8H3/t25-,26+,27-,29-,30+,31-,32-,33-,34-,35-,36+,37-,38+,39-,40-,41-,42-,43-,44-,45+,46+,47+,48+,49-,50-,51-,52-,53-,54-,55-,56-,57-,58+,59+,60+,61+,64+,65-,66+/m1/s1. The monoisotopic (exact) mass is 1430 g/mol. The number of aliphatic hydroxyl groups excluding tert-OH is 20. The van der Waals surface area contributed by atoms with E-state index in [0.29, 0.717) is 32.1 Å². The van der Waals surface area contributed by atoms with E-state index in [2.05, 4.69) is 33.8 Å². The number of ether oxygens (including phenoxy) is 12. The first kappa shape index (κ1) is 80.0. The molecule has 6 aliphatic heterocycles. The van der Waals surface area contributed by atoms with Crippen molar-refractivity contribution in [3.8, 4) is 0 Å². The molecule has 4 aliphatic carbocycles. The lowest BCUT2D eigenvalue weighted by molar-refractivity contribution is -0.391. The summed E-state index contributed by atoms with van der Waals surface area (Å²) < 4.78 is 71.5. The zero-order valence-electron chi connectivity index (χ0n) is 57.3. The van der Waals surface area contributed by atoms with Crippen LogP contribution in [0.2, 0.25) is 0 Å². The van der Waals surface area contributed by atoms with Gasteiger partial charge in [0, 0.05) is 17.3 Å². The Hall–Kier alpha value is -1.58. The molecule has 9 fully saturated rings. The Bertz CT molecular complexity index is 2640. The molecule has 0 spiro atoms. The third-order valence-electron chi connectivity index (χ3n) is 24.8. The smallest absolute Gasteiger partial charge is 0.187 e. The molecule has 10 aliphatic rings. The number of hydrogen-bond acceptors (Lipinski definition) is 33. The van der Waals surface area contributed by atoms with Crippen LogP contribution in [0.3, 0.4) is 0 Å². The van der Waals surface area contributed by atoms with Crippen LogP contribution >= 0.6 is 0 Å². The fourth-order valence-corrected chi connectivity index (χ4v) is 18.5. The van der Waals surface area contributed by atoms with Crippen molar-refractivity contribution in [1.82, 2.24) is 0 Å². The molecule has 0 aromatic rings. The van der Waals surface area contributed by atoms with Crippen LogP contribution in [0.25, 0.3) is 0 Å². The second kappa shape index (κ2) is 31.3. The van der Waals surface area contributed by atoms with E-state index in [1.807, 2.05) is 13.8 Å². The topological polar surface area (TPSA) is 536 Å². The number of aliphatic hydroxyl groups is 21. The summed E-state index contributed by atoms with van der Waals surface area (Å²) in [5, 5.41) is 229. The molecule has 33 nitrogen and oxygen atoms in total. The average molecular weight is 1430 g/mol. The Balaban J connectivity index is 0.828. The lowest BCUT2D eigenvalue weighted by atomic mass is 9.38. The molecule has 0 radical (unpaired) electrons. The molecule has 0 bridgehead atoms. The van der Waals surface area contributed by atoms with Crippen LogP contribution in [-0.4, -0.2) is 349 Å². The van der Waals surface area contributed by atoms with E-state index in [9.17, 15) is 107 Å². The summed E-state index contributed by atoms with van der Waals surface area (Å²) in [7, 11) is 0. The number of fused-ring (bicyclic) bond motifs is 5. The summed E-state index contributed by atoms with van der Waals surface area (Å²) in [5.41, 5.74) is -2.67. The van der Waals surface area contributed by atoms with E-state index in [0.717, 1.165) is 18.4 Å². The van der Waals surface area contributed by atoms with Crippen molar-refractivity contribution < 1.29 is 164 Å². The minimum atomic E-state index is -2.12. The van der Waals surface area contributed by atoms with Crippen LogP contribution < -0.4 is 0 Å². The molecule has 6 saturated heterocycles. The first-order valence-electron chi connectivity index (χ1n) is 35.0. The summed E-state index contributed by atoms with van der Waals surface area (Å²) in [6.07, 6.45) is -44.9. The van der Waals surface area contributed by atoms with E-state index in [4.69, 9.17) is 56.8 Å². The minimum Gasteiger partial charge on any atom is -0.394 e. The Morgan fingerprint density at radius 1 is 0.495 bits per heavy atom. The van der Waals surface area contributed by atoms with E-state index in [1.54, 1.807) is 0 Å². The van der Waals surface area contributed by atoms with E-state index >= 15 is 0 Å². The predicted molar refractivity (Wildman–Crippen MR) is 331 cm³/mol. The van der Waals surface area contributed by atoms with Crippen molar-refractivity contribution in [2.24, 2.45) is 45.3 Å². The van der Waals surface area contributed by atoms with Gasteiger partial charge in [-0.2, -0.15) is 0 Å². The maximum Gasteiger partial charge on any atom is 0.187 e.